The number of hydrogen-bond donors (Lipinski definition) is 1. The van der Waals surface area contributed by atoms with E-state index in [2.05, 4.69) is 5.32 Å². The quantitative estimate of drug-likeness (QED) is 0.695. The Bertz CT molecular complexity index is 916. The molecule has 0 saturated carbocycles. The van der Waals surface area contributed by atoms with Crippen LogP contribution in [0.25, 0.3) is 0 Å². The van der Waals surface area contributed by atoms with E-state index in [9.17, 15) is 14.4 Å². The van der Waals surface area contributed by atoms with Gasteiger partial charge in [-0.05, 0) is 38.1 Å². The molecule has 0 saturated heterocycles. The zero-order chi connectivity index (χ0) is 21.2. The van der Waals surface area contributed by atoms with Gasteiger partial charge in [0.05, 0.1) is 12.5 Å². The average molecular weight is 393 g/mol. The van der Waals surface area contributed by atoms with Crippen LogP contribution in [0.5, 0.6) is 0 Å². The molecule has 29 heavy (non-hydrogen) atoms. The van der Waals surface area contributed by atoms with E-state index >= 15 is 0 Å². The third kappa shape index (κ3) is 6.78. The summed E-state index contributed by atoms with van der Waals surface area (Å²) in [5.74, 6) is -1.56. The van der Waals surface area contributed by atoms with Gasteiger partial charge in [0, 0.05) is 17.8 Å². The summed E-state index contributed by atoms with van der Waals surface area (Å²) in [5.41, 5.74) is 3.03. The Kier molecular flexibility index (Phi) is 7.92. The number of esters is 1. The van der Waals surface area contributed by atoms with Crippen LogP contribution in [0.15, 0.2) is 48.5 Å². The van der Waals surface area contributed by atoms with Crippen LogP contribution >= 0.6 is 0 Å². The molecule has 7 heteroatoms. The van der Waals surface area contributed by atoms with E-state index in [4.69, 9.17) is 10.00 Å². The SMILES string of the molecule is Cc1ccc(N(CCC#N)C(=O)COC(=O)CNC(=O)c2cccc(C)c2)cc1. The first-order valence-corrected chi connectivity index (χ1v) is 9.15. The van der Waals surface area contributed by atoms with Gasteiger partial charge in [-0.15, -0.1) is 0 Å². The molecule has 150 valence electrons. The fourth-order valence-corrected chi connectivity index (χ4v) is 2.60. The molecule has 0 bridgehead atoms. The molecular weight excluding hydrogens is 370 g/mol. The van der Waals surface area contributed by atoms with E-state index in [1.54, 1.807) is 30.3 Å². The summed E-state index contributed by atoms with van der Waals surface area (Å²) < 4.78 is 4.99. The highest BCUT2D eigenvalue weighted by atomic mass is 16.5. The van der Waals surface area contributed by atoms with E-state index < -0.39 is 24.4 Å². The Morgan fingerprint density at radius 1 is 1.07 bits per heavy atom. The van der Waals surface area contributed by atoms with Crippen molar-refractivity contribution in [1.82, 2.24) is 5.32 Å². The maximum absolute atomic E-state index is 12.5. The highest BCUT2D eigenvalue weighted by Crippen LogP contribution is 2.16. The van der Waals surface area contributed by atoms with E-state index in [-0.39, 0.29) is 19.5 Å². The summed E-state index contributed by atoms with van der Waals surface area (Å²) in [6.07, 6.45) is 0.153. The zero-order valence-electron chi connectivity index (χ0n) is 16.5. The number of carbonyl (C=O) groups excluding carboxylic acids is 3. The second kappa shape index (κ2) is 10.6. The first-order chi connectivity index (χ1) is 13.9. The number of ether oxygens (including phenoxy) is 1. The minimum Gasteiger partial charge on any atom is -0.454 e. The molecule has 0 fully saturated rings. The molecule has 0 aliphatic rings. The van der Waals surface area contributed by atoms with Crippen LogP contribution in [0, 0.1) is 25.2 Å². The maximum atomic E-state index is 12.5. The summed E-state index contributed by atoms with van der Waals surface area (Å²) in [6.45, 7) is 3.17. The van der Waals surface area contributed by atoms with Crippen molar-refractivity contribution in [2.24, 2.45) is 0 Å². The molecule has 0 aliphatic carbocycles. The number of aryl methyl sites for hydroxylation is 2. The lowest BCUT2D eigenvalue weighted by Crippen LogP contribution is -2.37. The lowest BCUT2D eigenvalue weighted by atomic mass is 10.1. The first-order valence-electron chi connectivity index (χ1n) is 9.15. The molecule has 0 aliphatic heterocycles. The van der Waals surface area contributed by atoms with Gasteiger partial charge in [-0.1, -0.05) is 35.4 Å². The monoisotopic (exact) mass is 393 g/mol. The lowest BCUT2D eigenvalue weighted by molar-refractivity contribution is -0.146. The molecule has 2 aromatic carbocycles. The minimum atomic E-state index is -0.719. The van der Waals surface area contributed by atoms with Crippen molar-refractivity contribution in [3.8, 4) is 6.07 Å². The third-order valence-corrected chi connectivity index (χ3v) is 4.12. The van der Waals surface area contributed by atoms with Crippen LogP contribution in [0.4, 0.5) is 5.69 Å². The molecule has 0 radical (unpaired) electrons. The maximum Gasteiger partial charge on any atom is 0.325 e. The van der Waals surface area contributed by atoms with Crippen molar-refractivity contribution < 1.29 is 19.1 Å². The molecule has 2 aromatic rings. The van der Waals surface area contributed by atoms with Gasteiger partial charge in [0.1, 0.15) is 6.54 Å². The highest BCUT2D eigenvalue weighted by Gasteiger charge is 2.18. The lowest BCUT2D eigenvalue weighted by Gasteiger charge is -2.21. The van der Waals surface area contributed by atoms with Crippen molar-refractivity contribution in [3.63, 3.8) is 0 Å². The van der Waals surface area contributed by atoms with Gasteiger partial charge >= 0.3 is 5.97 Å². The first kappa shape index (κ1) is 21.6. The molecule has 0 spiro atoms. The summed E-state index contributed by atoms with van der Waals surface area (Å²) in [5, 5.41) is 11.3. The zero-order valence-corrected chi connectivity index (χ0v) is 16.5. The molecular formula is C22H23N3O4. The molecule has 0 atom stereocenters. The number of nitrogens with one attached hydrogen (secondary N) is 1. The number of amides is 2. The Morgan fingerprint density at radius 3 is 2.45 bits per heavy atom. The Morgan fingerprint density at radius 2 is 1.79 bits per heavy atom. The fourth-order valence-electron chi connectivity index (χ4n) is 2.60. The van der Waals surface area contributed by atoms with E-state index in [1.807, 2.05) is 38.1 Å². The number of nitrogens with zero attached hydrogens (tertiary/aromatic N) is 2. The topological polar surface area (TPSA) is 99.5 Å². The standard InChI is InChI=1S/C22H23N3O4/c1-16-7-9-19(10-8-16)25(12-4-11-23)20(26)15-29-21(27)14-24-22(28)18-6-3-5-17(2)13-18/h3,5-10,13H,4,12,14-15H2,1-2H3,(H,24,28). The third-order valence-electron chi connectivity index (χ3n) is 4.12. The van der Waals surface area contributed by atoms with Crippen LogP contribution in [0.3, 0.4) is 0 Å². The molecule has 2 rings (SSSR count). The Hall–Kier alpha value is -3.66. The van der Waals surface area contributed by atoms with Gasteiger partial charge in [0.15, 0.2) is 6.61 Å². The Labute approximate surface area is 169 Å². The van der Waals surface area contributed by atoms with Crippen LogP contribution in [-0.4, -0.2) is 37.5 Å². The predicted molar refractivity (Wildman–Crippen MR) is 108 cm³/mol. The number of nitriles is 1. The van der Waals surface area contributed by atoms with Gasteiger partial charge in [-0.3, -0.25) is 14.4 Å². The van der Waals surface area contributed by atoms with E-state index in [0.29, 0.717) is 11.3 Å². The van der Waals surface area contributed by atoms with E-state index in [1.165, 1.54) is 4.90 Å². The predicted octanol–water partition coefficient (Wildman–Crippen LogP) is 2.52. The summed E-state index contributed by atoms with van der Waals surface area (Å²) >= 11 is 0. The number of hydrogen-bond acceptors (Lipinski definition) is 5. The second-order valence-electron chi connectivity index (χ2n) is 6.50. The normalized spacial score (nSPS) is 9.97. The van der Waals surface area contributed by atoms with Crippen molar-refractivity contribution in [3.05, 3.63) is 65.2 Å². The number of rotatable bonds is 8. The van der Waals surface area contributed by atoms with E-state index in [0.717, 1.165) is 11.1 Å². The van der Waals surface area contributed by atoms with Crippen LogP contribution in [0.2, 0.25) is 0 Å². The van der Waals surface area contributed by atoms with Gasteiger partial charge < -0.3 is 15.0 Å². The number of anilines is 1. The molecule has 0 unspecified atom stereocenters. The highest BCUT2D eigenvalue weighted by molar-refractivity contribution is 5.97. The smallest absolute Gasteiger partial charge is 0.325 e. The van der Waals surface area contributed by atoms with Gasteiger partial charge in [0.2, 0.25) is 0 Å². The molecule has 0 aromatic heterocycles. The van der Waals surface area contributed by atoms with Crippen molar-refractivity contribution in [1.29, 1.82) is 5.26 Å². The average Bonchev–Trinajstić information content (AvgIpc) is 2.72. The van der Waals surface area contributed by atoms with Crippen LogP contribution in [0.1, 0.15) is 27.9 Å². The van der Waals surface area contributed by atoms with Gasteiger partial charge in [-0.2, -0.15) is 5.26 Å². The molecule has 7 nitrogen and oxygen atoms in total. The molecule has 1 N–H and O–H groups in total. The summed E-state index contributed by atoms with van der Waals surface area (Å²) in [6, 6.07) is 16.2. The number of benzene rings is 2. The minimum absolute atomic E-state index is 0.153. The summed E-state index contributed by atoms with van der Waals surface area (Å²) in [4.78, 5) is 37.9. The fraction of sp³-hybridized carbons (Fsp3) is 0.273. The second-order valence-corrected chi connectivity index (χ2v) is 6.50. The summed E-state index contributed by atoms with van der Waals surface area (Å²) in [7, 11) is 0. The largest absolute Gasteiger partial charge is 0.454 e. The van der Waals surface area contributed by atoms with Crippen molar-refractivity contribution in [2.45, 2.75) is 20.3 Å². The number of carbonyl (C=O) groups is 3. The van der Waals surface area contributed by atoms with Gasteiger partial charge in [0.25, 0.3) is 11.8 Å². The van der Waals surface area contributed by atoms with Crippen LogP contribution < -0.4 is 10.2 Å². The molecule has 0 heterocycles. The van der Waals surface area contributed by atoms with Gasteiger partial charge in [-0.25, -0.2) is 0 Å². The molecule has 2 amide bonds. The van der Waals surface area contributed by atoms with Crippen molar-refractivity contribution in [2.75, 3.05) is 24.6 Å². The Balaban J connectivity index is 1.88. The van der Waals surface area contributed by atoms with Crippen LogP contribution in [-0.2, 0) is 14.3 Å². The van der Waals surface area contributed by atoms with Crippen molar-refractivity contribution >= 4 is 23.5 Å².